The number of hydrogen-bond donors (Lipinski definition) is 0. The molecule has 1 heterocycles. The van der Waals surface area contributed by atoms with Crippen molar-refractivity contribution in [1.82, 2.24) is 0 Å². The van der Waals surface area contributed by atoms with Crippen LogP contribution in [0.2, 0.25) is 0 Å². The van der Waals surface area contributed by atoms with E-state index in [1.807, 2.05) is 55.5 Å². The van der Waals surface area contributed by atoms with E-state index < -0.39 is 0 Å². The van der Waals surface area contributed by atoms with Crippen molar-refractivity contribution in [3.63, 3.8) is 0 Å². The van der Waals surface area contributed by atoms with Gasteiger partial charge in [-0.25, -0.2) is 0 Å². The van der Waals surface area contributed by atoms with Gasteiger partial charge in [0.15, 0.2) is 5.43 Å². The maximum Gasteiger partial charge on any atom is 0.195 e. The molecule has 0 N–H and O–H groups in total. The molecule has 0 unspecified atom stereocenters. The average Bonchev–Trinajstić information content (AvgIpc) is 2.67. The van der Waals surface area contributed by atoms with E-state index in [4.69, 9.17) is 0 Å². The molecule has 4 rings (SSSR count). The molecule has 0 saturated heterocycles. The van der Waals surface area contributed by atoms with Crippen molar-refractivity contribution in [3.05, 3.63) is 94.7 Å². The Labute approximate surface area is 150 Å². The van der Waals surface area contributed by atoms with E-state index in [0.717, 1.165) is 37.7 Å². The molecule has 122 valence electrons. The SMILES string of the molecule is CC=CCc1cc(-c2ccccc2)c2sc3ccccc3c(=O)c2c1. The van der Waals surface area contributed by atoms with Crippen molar-refractivity contribution in [1.29, 1.82) is 0 Å². The number of rotatable bonds is 3. The highest BCUT2D eigenvalue weighted by atomic mass is 32.1. The number of allylic oxidation sites excluding steroid dienone is 2. The van der Waals surface area contributed by atoms with Crippen LogP contribution < -0.4 is 5.43 Å². The van der Waals surface area contributed by atoms with Gasteiger partial charge < -0.3 is 0 Å². The van der Waals surface area contributed by atoms with E-state index in [0.29, 0.717) is 0 Å². The van der Waals surface area contributed by atoms with Crippen LogP contribution in [-0.4, -0.2) is 0 Å². The minimum absolute atomic E-state index is 0.129. The summed E-state index contributed by atoms with van der Waals surface area (Å²) in [7, 11) is 0. The van der Waals surface area contributed by atoms with Gasteiger partial charge in [-0.2, -0.15) is 0 Å². The topological polar surface area (TPSA) is 17.1 Å². The highest BCUT2D eigenvalue weighted by molar-refractivity contribution is 7.25. The fraction of sp³-hybridized carbons (Fsp3) is 0.0870. The second-order valence-corrected chi connectivity index (χ2v) is 7.14. The smallest absolute Gasteiger partial charge is 0.195 e. The summed E-state index contributed by atoms with van der Waals surface area (Å²) >= 11 is 1.70. The minimum atomic E-state index is 0.129. The van der Waals surface area contributed by atoms with Gasteiger partial charge in [0, 0.05) is 20.2 Å². The van der Waals surface area contributed by atoms with Gasteiger partial charge in [-0.1, -0.05) is 54.6 Å². The van der Waals surface area contributed by atoms with Crippen molar-refractivity contribution >= 4 is 31.5 Å². The summed E-state index contributed by atoms with van der Waals surface area (Å²) in [5.74, 6) is 0. The highest BCUT2D eigenvalue weighted by Gasteiger charge is 2.12. The summed E-state index contributed by atoms with van der Waals surface area (Å²) in [5.41, 5.74) is 3.60. The Hall–Kier alpha value is -2.71. The van der Waals surface area contributed by atoms with Gasteiger partial charge in [0.05, 0.1) is 0 Å². The zero-order valence-corrected chi connectivity index (χ0v) is 14.8. The monoisotopic (exact) mass is 342 g/mol. The molecule has 0 radical (unpaired) electrons. The van der Waals surface area contributed by atoms with E-state index in [1.54, 1.807) is 11.3 Å². The van der Waals surface area contributed by atoms with Crippen molar-refractivity contribution in [2.45, 2.75) is 13.3 Å². The highest BCUT2D eigenvalue weighted by Crippen LogP contribution is 2.34. The molecule has 25 heavy (non-hydrogen) atoms. The number of hydrogen-bond acceptors (Lipinski definition) is 2. The van der Waals surface area contributed by atoms with Gasteiger partial charge in [-0.3, -0.25) is 4.79 Å². The normalized spacial score (nSPS) is 11.6. The van der Waals surface area contributed by atoms with E-state index >= 15 is 0 Å². The lowest BCUT2D eigenvalue weighted by Gasteiger charge is -2.10. The third-order valence-corrected chi connectivity index (χ3v) is 5.63. The van der Waals surface area contributed by atoms with E-state index in [2.05, 4.69) is 30.3 Å². The Morgan fingerprint density at radius 2 is 1.68 bits per heavy atom. The summed E-state index contributed by atoms with van der Waals surface area (Å²) < 4.78 is 2.11. The molecule has 4 aromatic rings. The summed E-state index contributed by atoms with van der Waals surface area (Å²) in [6.45, 7) is 2.02. The first-order valence-electron chi connectivity index (χ1n) is 8.43. The molecule has 1 nitrogen and oxygen atoms in total. The maximum absolute atomic E-state index is 13.1. The third kappa shape index (κ3) is 2.90. The van der Waals surface area contributed by atoms with Crippen LogP contribution in [0.4, 0.5) is 0 Å². The first kappa shape index (κ1) is 15.8. The molecule has 0 spiro atoms. The quantitative estimate of drug-likeness (QED) is 0.320. The molecule has 0 saturated carbocycles. The predicted molar refractivity (Wildman–Crippen MR) is 110 cm³/mol. The Morgan fingerprint density at radius 3 is 2.48 bits per heavy atom. The van der Waals surface area contributed by atoms with Gasteiger partial charge in [-0.15, -0.1) is 11.3 Å². The Kier molecular flexibility index (Phi) is 4.21. The van der Waals surface area contributed by atoms with Crippen LogP contribution in [0.15, 0.2) is 83.7 Å². The lowest BCUT2D eigenvalue weighted by molar-refractivity contribution is 1.27. The lowest BCUT2D eigenvalue weighted by atomic mass is 9.98. The largest absolute Gasteiger partial charge is 0.289 e. The number of benzene rings is 3. The molecule has 0 amide bonds. The second-order valence-electron chi connectivity index (χ2n) is 6.09. The second kappa shape index (κ2) is 6.66. The number of fused-ring (bicyclic) bond motifs is 2. The summed E-state index contributed by atoms with van der Waals surface area (Å²) in [6.07, 6.45) is 5.02. The molecule has 0 aliphatic rings. The van der Waals surface area contributed by atoms with Crippen molar-refractivity contribution in [2.24, 2.45) is 0 Å². The predicted octanol–water partition coefficient (Wildman–Crippen LogP) is 6.20. The minimum Gasteiger partial charge on any atom is -0.289 e. The Balaban J connectivity index is 2.12. The Morgan fingerprint density at radius 1 is 0.920 bits per heavy atom. The molecule has 0 aliphatic heterocycles. The van der Waals surface area contributed by atoms with E-state index in [9.17, 15) is 4.79 Å². The van der Waals surface area contributed by atoms with Crippen LogP contribution in [0, 0.1) is 0 Å². The van der Waals surface area contributed by atoms with Crippen LogP contribution in [0.3, 0.4) is 0 Å². The molecule has 3 aromatic carbocycles. The zero-order chi connectivity index (χ0) is 17.2. The molecular formula is C23H18OS. The average molecular weight is 342 g/mol. The van der Waals surface area contributed by atoms with Gasteiger partial charge in [-0.05, 0) is 54.3 Å². The molecular weight excluding hydrogens is 324 g/mol. The van der Waals surface area contributed by atoms with Gasteiger partial charge in [0.25, 0.3) is 0 Å². The van der Waals surface area contributed by atoms with E-state index in [-0.39, 0.29) is 5.43 Å². The standard InChI is InChI=1S/C23H18OS/c1-2-3-9-16-14-19(17-10-5-4-6-11-17)23-20(15-16)22(24)18-12-7-8-13-21(18)25-23/h2-8,10-15H,9H2,1H3. The zero-order valence-electron chi connectivity index (χ0n) is 14.0. The Bertz CT molecular complexity index is 1140. The summed E-state index contributed by atoms with van der Waals surface area (Å²) in [4.78, 5) is 13.1. The molecule has 2 heteroatoms. The van der Waals surface area contributed by atoms with Crippen molar-refractivity contribution < 1.29 is 0 Å². The van der Waals surface area contributed by atoms with Crippen LogP contribution in [0.5, 0.6) is 0 Å². The van der Waals surface area contributed by atoms with E-state index in [1.165, 1.54) is 5.56 Å². The van der Waals surface area contributed by atoms with Gasteiger partial charge >= 0.3 is 0 Å². The lowest BCUT2D eigenvalue weighted by Crippen LogP contribution is -2.02. The first-order valence-corrected chi connectivity index (χ1v) is 9.24. The molecule has 0 bridgehead atoms. The van der Waals surface area contributed by atoms with Crippen LogP contribution in [0.1, 0.15) is 12.5 Å². The fourth-order valence-electron chi connectivity index (χ4n) is 3.17. The van der Waals surface area contributed by atoms with Crippen LogP contribution >= 0.6 is 11.3 Å². The fourth-order valence-corrected chi connectivity index (χ4v) is 4.35. The van der Waals surface area contributed by atoms with Crippen LogP contribution in [-0.2, 0) is 6.42 Å². The molecule has 1 aromatic heterocycles. The third-order valence-electron chi connectivity index (χ3n) is 4.41. The summed E-state index contributed by atoms with van der Waals surface area (Å²) in [5, 5.41) is 1.63. The summed E-state index contributed by atoms with van der Waals surface area (Å²) in [6, 6.07) is 22.5. The van der Waals surface area contributed by atoms with Gasteiger partial charge in [0.2, 0.25) is 0 Å². The molecule has 0 atom stereocenters. The maximum atomic E-state index is 13.1. The van der Waals surface area contributed by atoms with Crippen molar-refractivity contribution in [2.75, 3.05) is 0 Å². The molecule has 0 fully saturated rings. The van der Waals surface area contributed by atoms with Crippen molar-refractivity contribution in [3.8, 4) is 11.1 Å². The first-order chi connectivity index (χ1) is 12.3. The van der Waals surface area contributed by atoms with Gasteiger partial charge in [0.1, 0.15) is 0 Å². The molecule has 0 aliphatic carbocycles. The van der Waals surface area contributed by atoms with Crippen LogP contribution in [0.25, 0.3) is 31.3 Å².